The first-order valence-corrected chi connectivity index (χ1v) is 9.66. The molecule has 7 nitrogen and oxygen atoms in total. The van der Waals surface area contributed by atoms with Crippen LogP contribution in [-0.4, -0.2) is 35.8 Å². The van der Waals surface area contributed by atoms with Gasteiger partial charge in [-0.15, -0.1) is 0 Å². The molecule has 2 heterocycles. The summed E-state index contributed by atoms with van der Waals surface area (Å²) in [6.07, 6.45) is 1.61. The first-order valence-electron chi connectivity index (χ1n) is 8.87. The lowest BCUT2D eigenvalue weighted by Gasteiger charge is -2.14. The molecule has 28 heavy (non-hydrogen) atoms. The van der Waals surface area contributed by atoms with Gasteiger partial charge in [-0.05, 0) is 49.2 Å². The number of nitrogens with one attached hydrogen (secondary N) is 1. The number of nitrogens with zero attached hydrogens (tertiary/aromatic N) is 1. The van der Waals surface area contributed by atoms with Crippen LogP contribution in [0, 0.1) is 19.8 Å². The van der Waals surface area contributed by atoms with Gasteiger partial charge < -0.3 is 19.4 Å². The van der Waals surface area contributed by atoms with E-state index in [1.807, 2.05) is 26.0 Å². The Labute approximate surface area is 171 Å². The van der Waals surface area contributed by atoms with E-state index in [0.29, 0.717) is 18.0 Å². The van der Waals surface area contributed by atoms with Gasteiger partial charge in [0.25, 0.3) is 5.91 Å². The van der Waals surface area contributed by atoms with E-state index >= 15 is 0 Å². The fourth-order valence-electron chi connectivity index (χ4n) is 3.14. The third-order valence-corrected chi connectivity index (χ3v) is 5.79. The van der Waals surface area contributed by atoms with Crippen LogP contribution in [0.1, 0.15) is 23.3 Å². The number of likely N-dealkylation sites (tertiary alicyclic amines) is 1. The number of halogens is 1. The molecule has 0 radical (unpaired) electrons. The van der Waals surface area contributed by atoms with E-state index in [-0.39, 0.29) is 18.9 Å². The molecule has 0 unspecified atom stereocenters. The Kier molecular flexibility index (Phi) is 6.18. The number of benzene rings is 1. The minimum absolute atomic E-state index is 0.0757. The number of carbonyl (C=O) groups is 3. The molecule has 0 saturated carbocycles. The molecule has 1 aromatic carbocycles. The predicted molar refractivity (Wildman–Crippen MR) is 105 cm³/mol. The summed E-state index contributed by atoms with van der Waals surface area (Å²) in [6, 6.07) is 7.18. The first kappa shape index (κ1) is 20.1. The average Bonchev–Trinajstić information content (AvgIpc) is 3.28. The van der Waals surface area contributed by atoms with Crippen molar-refractivity contribution in [3.8, 4) is 0 Å². The number of carbonyl (C=O) groups excluding carboxylic acids is 3. The molecular weight excluding hydrogens is 428 g/mol. The third kappa shape index (κ3) is 4.81. The maximum Gasteiger partial charge on any atom is 0.311 e. The summed E-state index contributed by atoms with van der Waals surface area (Å²) in [5.74, 6) is -1.03. The summed E-state index contributed by atoms with van der Waals surface area (Å²) >= 11 is 3.48. The van der Waals surface area contributed by atoms with Crippen LogP contribution in [0.2, 0.25) is 0 Å². The fraction of sp³-hybridized carbons (Fsp3) is 0.350. The van der Waals surface area contributed by atoms with Crippen molar-refractivity contribution in [3.05, 3.63) is 51.9 Å². The fourth-order valence-corrected chi connectivity index (χ4v) is 3.37. The molecule has 1 fully saturated rings. The highest BCUT2D eigenvalue weighted by molar-refractivity contribution is 9.10. The van der Waals surface area contributed by atoms with E-state index in [0.717, 1.165) is 15.6 Å². The Hall–Kier alpha value is -2.61. The predicted octanol–water partition coefficient (Wildman–Crippen LogP) is 3.19. The smallest absolute Gasteiger partial charge is 0.311 e. The van der Waals surface area contributed by atoms with Crippen LogP contribution in [0.5, 0.6) is 0 Å². The average molecular weight is 449 g/mol. The van der Waals surface area contributed by atoms with Crippen molar-refractivity contribution in [2.75, 3.05) is 18.5 Å². The van der Waals surface area contributed by atoms with E-state index < -0.39 is 24.4 Å². The number of rotatable bonds is 6. The van der Waals surface area contributed by atoms with Crippen LogP contribution in [0.25, 0.3) is 0 Å². The zero-order chi connectivity index (χ0) is 20.3. The number of furan rings is 1. The van der Waals surface area contributed by atoms with Gasteiger partial charge in [0.1, 0.15) is 5.76 Å². The molecule has 148 valence electrons. The van der Waals surface area contributed by atoms with Crippen molar-refractivity contribution in [2.24, 2.45) is 5.92 Å². The molecule has 2 aromatic rings. The minimum atomic E-state index is -0.576. The number of hydrogen-bond acceptors (Lipinski definition) is 5. The van der Waals surface area contributed by atoms with E-state index in [2.05, 4.69) is 21.2 Å². The maximum absolute atomic E-state index is 12.2. The number of hydrogen-bond donors (Lipinski definition) is 1. The monoisotopic (exact) mass is 448 g/mol. The molecule has 0 spiro atoms. The lowest BCUT2D eigenvalue weighted by molar-refractivity contribution is -0.151. The summed E-state index contributed by atoms with van der Waals surface area (Å²) in [5.41, 5.74) is 2.63. The van der Waals surface area contributed by atoms with E-state index in [4.69, 9.17) is 9.15 Å². The summed E-state index contributed by atoms with van der Waals surface area (Å²) in [4.78, 5) is 38.0. The zero-order valence-electron chi connectivity index (χ0n) is 15.7. The Balaban J connectivity index is 1.48. The second-order valence-corrected chi connectivity index (χ2v) is 7.63. The molecule has 0 bridgehead atoms. The van der Waals surface area contributed by atoms with Gasteiger partial charge in [-0.3, -0.25) is 14.4 Å². The van der Waals surface area contributed by atoms with Crippen molar-refractivity contribution in [3.63, 3.8) is 0 Å². The lowest BCUT2D eigenvalue weighted by atomic mass is 10.1. The number of esters is 1. The van der Waals surface area contributed by atoms with Gasteiger partial charge in [-0.1, -0.05) is 15.9 Å². The Morgan fingerprint density at radius 3 is 2.68 bits per heavy atom. The van der Waals surface area contributed by atoms with Crippen molar-refractivity contribution in [1.82, 2.24) is 4.90 Å². The summed E-state index contributed by atoms with van der Waals surface area (Å²) in [7, 11) is 0. The highest BCUT2D eigenvalue weighted by Gasteiger charge is 2.35. The van der Waals surface area contributed by atoms with Gasteiger partial charge in [-0.2, -0.15) is 0 Å². The van der Waals surface area contributed by atoms with Crippen LogP contribution in [0.4, 0.5) is 5.69 Å². The van der Waals surface area contributed by atoms with Gasteiger partial charge in [0.15, 0.2) is 6.61 Å². The van der Waals surface area contributed by atoms with Gasteiger partial charge >= 0.3 is 5.97 Å². The summed E-state index contributed by atoms with van der Waals surface area (Å²) in [5, 5.41) is 2.72. The van der Waals surface area contributed by atoms with E-state index in [1.54, 1.807) is 17.0 Å². The Bertz CT molecular complexity index is 871. The van der Waals surface area contributed by atoms with Gasteiger partial charge in [0.05, 0.1) is 18.7 Å². The third-order valence-electron chi connectivity index (χ3n) is 4.54. The Morgan fingerprint density at radius 1 is 1.32 bits per heavy atom. The van der Waals surface area contributed by atoms with Crippen molar-refractivity contribution in [1.29, 1.82) is 0 Å². The standard InChI is InChI=1S/C20H21BrN2O5/c1-12-6-15(7-13(2)19(12)21)22-17(24)11-28-20(26)14-8-18(25)23(9-14)10-16-4-3-5-27-16/h3-7,14H,8-11H2,1-2H3,(H,22,24)/t14-/m0/s1. The maximum atomic E-state index is 12.2. The largest absolute Gasteiger partial charge is 0.467 e. The molecule has 0 aliphatic carbocycles. The van der Waals surface area contributed by atoms with Crippen molar-refractivity contribution in [2.45, 2.75) is 26.8 Å². The second kappa shape index (κ2) is 8.60. The topological polar surface area (TPSA) is 88.8 Å². The van der Waals surface area contributed by atoms with Crippen LogP contribution in [0.3, 0.4) is 0 Å². The van der Waals surface area contributed by atoms with Crippen LogP contribution >= 0.6 is 15.9 Å². The highest BCUT2D eigenvalue weighted by atomic mass is 79.9. The highest BCUT2D eigenvalue weighted by Crippen LogP contribution is 2.25. The first-order chi connectivity index (χ1) is 13.3. The normalized spacial score (nSPS) is 16.3. The number of anilines is 1. The number of amides is 2. The molecule has 1 saturated heterocycles. The zero-order valence-corrected chi connectivity index (χ0v) is 17.2. The SMILES string of the molecule is Cc1cc(NC(=O)COC(=O)[C@H]2CC(=O)N(Cc3ccco3)C2)cc(C)c1Br. The molecule has 1 aromatic heterocycles. The molecule has 1 aliphatic heterocycles. The van der Waals surface area contributed by atoms with Crippen LogP contribution in [-0.2, 0) is 25.7 Å². The van der Waals surface area contributed by atoms with Crippen molar-refractivity contribution >= 4 is 39.4 Å². The quantitative estimate of drug-likeness (QED) is 0.685. The second-order valence-electron chi connectivity index (χ2n) is 6.83. The molecular formula is C20H21BrN2O5. The van der Waals surface area contributed by atoms with Gasteiger partial charge in [-0.25, -0.2) is 0 Å². The molecule has 8 heteroatoms. The molecule has 1 aliphatic rings. The summed E-state index contributed by atoms with van der Waals surface area (Å²) in [6.45, 7) is 4.04. The lowest BCUT2D eigenvalue weighted by Crippen LogP contribution is -2.28. The summed E-state index contributed by atoms with van der Waals surface area (Å²) < 4.78 is 11.3. The van der Waals surface area contributed by atoms with E-state index in [9.17, 15) is 14.4 Å². The van der Waals surface area contributed by atoms with Crippen LogP contribution in [0.15, 0.2) is 39.4 Å². The molecule has 3 rings (SSSR count). The number of ether oxygens (including phenoxy) is 1. The Morgan fingerprint density at radius 2 is 2.04 bits per heavy atom. The van der Waals surface area contributed by atoms with Gasteiger partial charge in [0.2, 0.25) is 5.91 Å². The van der Waals surface area contributed by atoms with Crippen molar-refractivity contribution < 1.29 is 23.5 Å². The molecule has 1 N–H and O–H groups in total. The molecule has 2 amide bonds. The van der Waals surface area contributed by atoms with Crippen LogP contribution < -0.4 is 5.32 Å². The number of aryl methyl sites for hydroxylation is 2. The molecule has 1 atom stereocenters. The van der Waals surface area contributed by atoms with Gasteiger partial charge in [0, 0.05) is 23.1 Å². The minimum Gasteiger partial charge on any atom is -0.467 e. The van der Waals surface area contributed by atoms with E-state index in [1.165, 1.54) is 6.26 Å².